The van der Waals surface area contributed by atoms with Crippen molar-refractivity contribution in [3.05, 3.63) is 23.8 Å². The number of benzene rings is 1. The Morgan fingerprint density at radius 2 is 1.90 bits per heavy atom. The maximum Gasteiger partial charge on any atom is 0.161 e. The van der Waals surface area contributed by atoms with Gasteiger partial charge in [0, 0.05) is 5.92 Å². The van der Waals surface area contributed by atoms with Gasteiger partial charge in [-0.3, -0.25) is 0 Å². The lowest BCUT2D eigenvalue weighted by Gasteiger charge is -2.26. The topological polar surface area (TPSA) is 30.5 Å². The molecule has 1 unspecified atom stereocenters. The highest BCUT2D eigenvalue weighted by molar-refractivity contribution is 5.45. The molecule has 1 N–H and O–H groups in total. The van der Waals surface area contributed by atoms with Gasteiger partial charge in [-0.2, -0.15) is 0 Å². The molecular weight excluding hydrogens is 250 g/mol. The van der Waals surface area contributed by atoms with Crippen LogP contribution in [0.2, 0.25) is 0 Å². The highest BCUT2D eigenvalue weighted by atomic mass is 16.5. The molecule has 0 aliphatic carbocycles. The molecular formula is C17H27NO2. The van der Waals surface area contributed by atoms with Gasteiger partial charge in [0.1, 0.15) is 0 Å². The zero-order chi connectivity index (χ0) is 14.6. The Morgan fingerprint density at radius 1 is 1.20 bits per heavy atom. The second kappa shape index (κ2) is 6.49. The van der Waals surface area contributed by atoms with Gasteiger partial charge in [-0.1, -0.05) is 33.8 Å². The van der Waals surface area contributed by atoms with Crippen molar-refractivity contribution in [1.82, 2.24) is 5.32 Å². The lowest BCUT2D eigenvalue weighted by molar-refractivity contribution is 0.228. The van der Waals surface area contributed by atoms with Crippen molar-refractivity contribution in [2.24, 2.45) is 5.92 Å². The smallest absolute Gasteiger partial charge is 0.161 e. The molecule has 3 nitrogen and oxygen atoms in total. The third-order valence-corrected chi connectivity index (χ3v) is 3.95. The second-order valence-electron chi connectivity index (χ2n) is 6.38. The van der Waals surface area contributed by atoms with Crippen LogP contribution in [0.5, 0.6) is 11.5 Å². The van der Waals surface area contributed by atoms with Crippen molar-refractivity contribution in [2.45, 2.75) is 39.5 Å². The molecule has 0 spiro atoms. The van der Waals surface area contributed by atoms with Gasteiger partial charge in [-0.15, -0.1) is 0 Å². The van der Waals surface area contributed by atoms with E-state index in [1.165, 1.54) is 5.56 Å². The Labute approximate surface area is 122 Å². The minimum Gasteiger partial charge on any atom is -0.489 e. The molecule has 112 valence electrons. The van der Waals surface area contributed by atoms with Crippen molar-refractivity contribution in [1.29, 1.82) is 0 Å². The van der Waals surface area contributed by atoms with Crippen LogP contribution in [0.3, 0.4) is 0 Å². The fraction of sp³-hybridized carbons (Fsp3) is 0.647. The summed E-state index contributed by atoms with van der Waals surface area (Å²) in [4.78, 5) is 0. The standard InChI is InChI=1S/C17H27NO2/c1-5-18-9-8-17(3,4)14-6-7-15-16(10-14)20-12-13(2)11-19-15/h6-7,10,13,18H,5,8-9,11-12H2,1-4H3. The van der Waals surface area contributed by atoms with Crippen LogP contribution >= 0.6 is 0 Å². The minimum atomic E-state index is 0.137. The third kappa shape index (κ3) is 3.66. The molecule has 0 fully saturated rings. The van der Waals surface area contributed by atoms with Crippen molar-refractivity contribution in [2.75, 3.05) is 26.3 Å². The first-order chi connectivity index (χ1) is 9.53. The Kier molecular flexibility index (Phi) is 4.92. The predicted octanol–water partition coefficient (Wildman–Crippen LogP) is 3.37. The van der Waals surface area contributed by atoms with Crippen LogP contribution in [0, 0.1) is 5.92 Å². The molecule has 2 rings (SSSR count). The van der Waals surface area contributed by atoms with Crippen LogP contribution in [0.15, 0.2) is 18.2 Å². The van der Waals surface area contributed by atoms with Gasteiger partial charge in [-0.25, -0.2) is 0 Å². The predicted molar refractivity (Wildman–Crippen MR) is 82.8 cm³/mol. The maximum atomic E-state index is 5.88. The van der Waals surface area contributed by atoms with Crippen molar-refractivity contribution in [3.63, 3.8) is 0 Å². The highest BCUT2D eigenvalue weighted by Gasteiger charge is 2.23. The first-order valence-electron chi connectivity index (χ1n) is 7.64. The van der Waals surface area contributed by atoms with Gasteiger partial charge < -0.3 is 14.8 Å². The van der Waals surface area contributed by atoms with Gasteiger partial charge in [0.25, 0.3) is 0 Å². The molecule has 1 aromatic carbocycles. The van der Waals surface area contributed by atoms with Gasteiger partial charge in [0.2, 0.25) is 0 Å². The molecule has 3 heteroatoms. The summed E-state index contributed by atoms with van der Waals surface area (Å²) in [6.45, 7) is 12.4. The summed E-state index contributed by atoms with van der Waals surface area (Å²) in [6, 6.07) is 6.38. The SMILES string of the molecule is CCNCCC(C)(C)c1ccc2c(c1)OCC(C)CO2. The third-order valence-electron chi connectivity index (χ3n) is 3.95. The average molecular weight is 277 g/mol. The van der Waals surface area contributed by atoms with E-state index in [-0.39, 0.29) is 5.41 Å². The Morgan fingerprint density at radius 3 is 2.60 bits per heavy atom. The van der Waals surface area contributed by atoms with Crippen molar-refractivity contribution in [3.8, 4) is 11.5 Å². The normalized spacial score (nSPS) is 18.7. The number of hydrogen-bond donors (Lipinski definition) is 1. The van der Waals surface area contributed by atoms with Gasteiger partial charge in [0.15, 0.2) is 11.5 Å². The summed E-state index contributed by atoms with van der Waals surface area (Å²) in [5, 5.41) is 3.40. The Bertz CT molecular complexity index is 443. The summed E-state index contributed by atoms with van der Waals surface area (Å²) in [6.07, 6.45) is 1.11. The van der Waals surface area contributed by atoms with E-state index in [2.05, 4.69) is 51.2 Å². The summed E-state index contributed by atoms with van der Waals surface area (Å²) in [5.74, 6) is 2.21. The molecule has 1 heterocycles. The molecule has 1 aromatic rings. The van der Waals surface area contributed by atoms with Crippen molar-refractivity contribution < 1.29 is 9.47 Å². The van der Waals surface area contributed by atoms with E-state index in [0.29, 0.717) is 5.92 Å². The largest absolute Gasteiger partial charge is 0.489 e. The average Bonchev–Trinajstić information content (AvgIpc) is 2.61. The molecule has 0 saturated heterocycles. The van der Waals surface area contributed by atoms with Crippen LogP contribution in [0.4, 0.5) is 0 Å². The molecule has 1 aliphatic heterocycles. The second-order valence-corrected chi connectivity index (χ2v) is 6.38. The summed E-state index contributed by atoms with van der Waals surface area (Å²) in [5.41, 5.74) is 1.45. The summed E-state index contributed by atoms with van der Waals surface area (Å²) in [7, 11) is 0. The highest BCUT2D eigenvalue weighted by Crippen LogP contribution is 2.36. The number of hydrogen-bond acceptors (Lipinski definition) is 3. The fourth-order valence-electron chi connectivity index (χ4n) is 2.40. The molecule has 0 amide bonds. The first kappa shape index (κ1) is 15.2. The van der Waals surface area contributed by atoms with Gasteiger partial charge in [0.05, 0.1) is 13.2 Å². The van der Waals surface area contributed by atoms with E-state index in [4.69, 9.17) is 9.47 Å². The van der Waals surface area contributed by atoms with Crippen LogP contribution in [0.25, 0.3) is 0 Å². The zero-order valence-electron chi connectivity index (χ0n) is 13.2. The van der Waals surface area contributed by atoms with Crippen molar-refractivity contribution >= 4 is 0 Å². The molecule has 0 radical (unpaired) electrons. The minimum absolute atomic E-state index is 0.137. The van der Waals surface area contributed by atoms with E-state index >= 15 is 0 Å². The number of ether oxygens (including phenoxy) is 2. The van der Waals surface area contributed by atoms with E-state index < -0.39 is 0 Å². The number of fused-ring (bicyclic) bond motifs is 1. The van der Waals surface area contributed by atoms with E-state index in [1.54, 1.807) is 0 Å². The monoisotopic (exact) mass is 277 g/mol. The van der Waals surface area contributed by atoms with Crippen LogP contribution in [-0.4, -0.2) is 26.3 Å². The summed E-state index contributed by atoms with van der Waals surface area (Å²) < 4.78 is 11.7. The van der Waals surface area contributed by atoms with Crippen LogP contribution in [0.1, 0.15) is 39.7 Å². The van der Waals surface area contributed by atoms with Crippen LogP contribution in [-0.2, 0) is 5.41 Å². The Balaban J connectivity index is 2.13. The lowest BCUT2D eigenvalue weighted by Crippen LogP contribution is -2.25. The Hall–Kier alpha value is -1.22. The van der Waals surface area contributed by atoms with E-state index in [1.807, 2.05) is 0 Å². The van der Waals surface area contributed by atoms with E-state index in [9.17, 15) is 0 Å². The van der Waals surface area contributed by atoms with E-state index in [0.717, 1.165) is 44.2 Å². The molecule has 20 heavy (non-hydrogen) atoms. The van der Waals surface area contributed by atoms with Gasteiger partial charge >= 0.3 is 0 Å². The maximum absolute atomic E-state index is 5.88. The molecule has 0 saturated carbocycles. The molecule has 0 aromatic heterocycles. The van der Waals surface area contributed by atoms with Crippen LogP contribution < -0.4 is 14.8 Å². The first-order valence-corrected chi connectivity index (χ1v) is 7.64. The number of nitrogens with one attached hydrogen (secondary N) is 1. The number of rotatable bonds is 5. The zero-order valence-corrected chi connectivity index (χ0v) is 13.2. The summed E-state index contributed by atoms with van der Waals surface area (Å²) >= 11 is 0. The molecule has 1 aliphatic rings. The quantitative estimate of drug-likeness (QED) is 0.837. The molecule has 1 atom stereocenters. The fourth-order valence-corrected chi connectivity index (χ4v) is 2.40. The van der Waals surface area contributed by atoms with Gasteiger partial charge in [-0.05, 0) is 42.6 Å². The lowest BCUT2D eigenvalue weighted by atomic mass is 9.81. The molecule has 0 bridgehead atoms.